The Kier molecular flexibility index (Phi) is 5.73. The van der Waals surface area contributed by atoms with Crippen LogP contribution in [0.3, 0.4) is 0 Å². The van der Waals surface area contributed by atoms with Crippen molar-refractivity contribution in [1.29, 1.82) is 0 Å². The summed E-state index contributed by atoms with van der Waals surface area (Å²) in [5, 5.41) is 2.95. The van der Waals surface area contributed by atoms with E-state index in [9.17, 15) is 9.59 Å². The molecule has 2 rings (SSSR count). The first-order valence-electron chi connectivity index (χ1n) is 6.95. The van der Waals surface area contributed by atoms with Crippen molar-refractivity contribution in [3.8, 4) is 0 Å². The lowest BCUT2D eigenvalue weighted by Crippen LogP contribution is -2.49. The second-order valence-corrected chi connectivity index (χ2v) is 5.20. The number of aryl methyl sites for hydroxylation is 1. The Bertz CT molecular complexity index is 718. The standard InChI is InChI=1S/C14H20N4O3.ClH/c1-4-14(15,5-2)6-16-11(19)9-8(3)21-13-10(9)12(20)17-7-18-13;/h7H,4-6,15H2,1-3H3,(H,16,19)(H,17,18,20);1H. The van der Waals surface area contributed by atoms with Crippen molar-refractivity contribution < 1.29 is 9.21 Å². The maximum Gasteiger partial charge on any atom is 0.262 e. The molecule has 2 aromatic rings. The maximum absolute atomic E-state index is 12.4. The van der Waals surface area contributed by atoms with Crippen molar-refractivity contribution in [3.05, 3.63) is 28.0 Å². The number of carbonyl (C=O) groups is 1. The number of hydrogen-bond donors (Lipinski definition) is 3. The van der Waals surface area contributed by atoms with E-state index in [0.717, 1.165) is 12.8 Å². The highest BCUT2D eigenvalue weighted by Gasteiger charge is 2.25. The molecule has 0 aliphatic rings. The van der Waals surface area contributed by atoms with Gasteiger partial charge in [0.25, 0.3) is 11.5 Å². The van der Waals surface area contributed by atoms with E-state index >= 15 is 0 Å². The quantitative estimate of drug-likeness (QED) is 0.769. The minimum atomic E-state index is -0.451. The molecular weight excluding hydrogens is 308 g/mol. The smallest absolute Gasteiger partial charge is 0.262 e. The van der Waals surface area contributed by atoms with Crippen LogP contribution in [0.2, 0.25) is 0 Å². The Morgan fingerprint density at radius 1 is 1.45 bits per heavy atom. The van der Waals surface area contributed by atoms with Crippen LogP contribution in [0.5, 0.6) is 0 Å². The van der Waals surface area contributed by atoms with Crippen LogP contribution in [0.4, 0.5) is 0 Å². The van der Waals surface area contributed by atoms with Crippen LogP contribution in [-0.4, -0.2) is 28.0 Å². The lowest BCUT2D eigenvalue weighted by Gasteiger charge is -2.26. The van der Waals surface area contributed by atoms with E-state index < -0.39 is 11.1 Å². The molecule has 0 aliphatic carbocycles. The van der Waals surface area contributed by atoms with Crippen LogP contribution >= 0.6 is 12.4 Å². The average Bonchev–Trinajstić information content (AvgIpc) is 2.82. The molecule has 7 nitrogen and oxygen atoms in total. The molecule has 0 atom stereocenters. The fraction of sp³-hybridized carbons (Fsp3) is 0.500. The number of hydrogen-bond acceptors (Lipinski definition) is 5. The molecule has 122 valence electrons. The molecule has 4 N–H and O–H groups in total. The predicted molar refractivity (Wildman–Crippen MR) is 86.4 cm³/mol. The van der Waals surface area contributed by atoms with Crippen molar-refractivity contribution in [2.24, 2.45) is 5.73 Å². The molecule has 22 heavy (non-hydrogen) atoms. The zero-order chi connectivity index (χ0) is 15.6. The normalized spacial score (nSPS) is 11.3. The Hall–Kier alpha value is -1.86. The maximum atomic E-state index is 12.4. The summed E-state index contributed by atoms with van der Waals surface area (Å²) >= 11 is 0. The number of carbonyl (C=O) groups excluding carboxylic acids is 1. The number of aromatic nitrogens is 2. The number of H-pyrrole nitrogens is 1. The first-order valence-corrected chi connectivity index (χ1v) is 6.95. The van der Waals surface area contributed by atoms with E-state index in [0.29, 0.717) is 12.3 Å². The monoisotopic (exact) mass is 328 g/mol. The molecule has 2 heterocycles. The van der Waals surface area contributed by atoms with Gasteiger partial charge in [0, 0.05) is 12.1 Å². The van der Waals surface area contributed by atoms with Crippen LogP contribution < -0.4 is 16.6 Å². The molecule has 1 amide bonds. The zero-order valence-corrected chi connectivity index (χ0v) is 13.7. The molecular formula is C14H21ClN4O3. The molecule has 0 saturated heterocycles. The lowest BCUT2D eigenvalue weighted by molar-refractivity contribution is 0.0942. The summed E-state index contributed by atoms with van der Waals surface area (Å²) < 4.78 is 5.36. The Morgan fingerprint density at radius 3 is 2.68 bits per heavy atom. The van der Waals surface area contributed by atoms with Gasteiger partial charge in [0.15, 0.2) is 0 Å². The fourth-order valence-corrected chi connectivity index (χ4v) is 2.17. The highest BCUT2D eigenvalue weighted by atomic mass is 35.5. The van der Waals surface area contributed by atoms with E-state index in [-0.39, 0.29) is 35.0 Å². The van der Waals surface area contributed by atoms with Crippen molar-refractivity contribution in [2.75, 3.05) is 6.54 Å². The van der Waals surface area contributed by atoms with E-state index in [2.05, 4.69) is 15.3 Å². The minimum Gasteiger partial charge on any atom is -0.442 e. The summed E-state index contributed by atoms with van der Waals surface area (Å²) in [6.45, 7) is 5.92. The van der Waals surface area contributed by atoms with Crippen LogP contribution in [0, 0.1) is 6.92 Å². The number of rotatable bonds is 5. The van der Waals surface area contributed by atoms with Crippen LogP contribution in [0.1, 0.15) is 42.8 Å². The Balaban J connectivity index is 0.00000242. The summed E-state index contributed by atoms with van der Waals surface area (Å²) in [6.07, 6.45) is 2.74. The topological polar surface area (TPSA) is 114 Å². The van der Waals surface area contributed by atoms with Crippen molar-refractivity contribution >= 4 is 29.4 Å². The van der Waals surface area contributed by atoms with Gasteiger partial charge in [-0.05, 0) is 19.8 Å². The van der Waals surface area contributed by atoms with Gasteiger partial charge in [0.1, 0.15) is 11.1 Å². The van der Waals surface area contributed by atoms with Gasteiger partial charge in [-0.15, -0.1) is 12.4 Å². The predicted octanol–water partition coefficient (Wildman–Crippen LogP) is 1.49. The first-order chi connectivity index (χ1) is 9.91. The number of nitrogens with two attached hydrogens (primary N) is 1. The SMILES string of the molecule is CCC(N)(CC)CNC(=O)c1c(C)oc2nc[nH]c(=O)c12.Cl. The van der Waals surface area contributed by atoms with E-state index in [1.165, 1.54) is 6.33 Å². The van der Waals surface area contributed by atoms with Crippen LogP contribution in [-0.2, 0) is 0 Å². The highest BCUT2D eigenvalue weighted by Crippen LogP contribution is 2.20. The number of furan rings is 1. The van der Waals surface area contributed by atoms with Gasteiger partial charge >= 0.3 is 0 Å². The van der Waals surface area contributed by atoms with Crippen molar-refractivity contribution in [3.63, 3.8) is 0 Å². The van der Waals surface area contributed by atoms with Crippen molar-refractivity contribution in [1.82, 2.24) is 15.3 Å². The molecule has 0 unspecified atom stereocenters. The molecule has 8 heteroatoms. The van der Waals surface area contributed by atoms with Crippen LogP contribution in [0.15, 0.2) is 15.5 Å². The van der Waals surface area contributed by atoms with E-state index in [1.54, 1.807) is 6.92 Å². The van der Waals surface area contributed by atoms with Gasteiger partial charge in [-0.2, -0.15) is 0 Å². The molecule has 2 aromatic heterocycles. The number of aromatic amines is 1. The van der Waals surface area contributed by atoms with E-state index in [4.69, 9.17) is 10.2 Å². The summed E-state index contributed by atoms with van der Waals surface area (Å²) in [4.78, 5) is 30.6. The van der Waals surface area contributed by atoms with Gasteiger partial charge in [-0.3, -0.25) is 9.59 Å². The highest BCUT2D eigenvalue weighted by molar-refractivity contribution is 6.06. The van der Waals surface area contributed by atoms with Gasteiger partial charge in [-0.25, -0.2) is 4.98 Å². The summed E-state index contributed by atoms with van der Waals surface area (Å²) in [5.41, 5.74) is 5.69. The minimum absolute atomic E-state index is 0. The zero-order valence-electron chi connectivity index (χ0n) is 12.9. The summed E-state index contributed by atoms with van der Waals surface area (Å²) in [6, 6.07) is 0. The number of nitrogens with zero attached hydrogens (tertiary/aromatic N) is 1. The lowest BCUT2D eigenvalue weighted by atomic mass is 9.94. The van der Waals surface area contributed by atoms with Gasteiger partial charge < -0.3 is 20.5 Å². The van der Waals surface area contributed by atoms with Crippen molar-refractivity contribution in [2.45, 2.75) is 39.2 Å². The third kappa shape index (κ3) is 3.31. The molecule has 0 aromatic carbocycles. The Morgan fingerprint density at radius 2 is 2.09 bits per heavy atom. The molecule has 0 fully saturated rings. The second kappa shape index (κ2) is 6.93. The number of nitrogens with one attached hydrogen (secondary N) is 2. The van der Waals surface area contributed by atoms with Gasteiger partial charge in [0.2, 0.25) is 5.71 Å². The second-order valence-electron chi connectivity index (χ2n) is 5.20. The Labute approximate surface area is 134 Å². The number of halogens is 1. The van der Waals surface area contributed by atoms with Gasteiger partial charge in [0.05, 0.1) is 11.9 Å². The molecule has 0 bridgehead atoms. The third-order valence-electron chi connectivity index (χ3n) is 3.91. The average molecular weight is 329 g/mol. The fourth-order valence-electron chi connectivity index (χ4n) is 2.17. The summed E-state index contributed by atoms with van der Waals surface area (Å²) in [7, 11) is 0. The largest absolute Gasteiger partial charge is 0.442 e. The van der Waals surface area contributed by atoms with Crippen LogP contribution in [0.25, 0.3) is 11.1 Å². The van der Waals surface area contributed by atoms with Gasteiger partial charge in [-0.1, -0.05) is 13.8 Å². The molecule has 0 saturated carbocycles. The number of fused-ring (bicyclic) bond motifs is 1. The first kappa shape index (κ1) is 18.2. The molecule has 0 spiro atoms. The summed E-state index contributed by atoms with van der Waals surface area (Å²) in [5.74, 6) is -0.0104. The molecule has 0 radical (unpaired) electrons. The third-order valence-corrected chi connectivity index (χ3v) is 3.91. The molecule has 0 aliphatic heterocycles. The number of amides is 1. The van der Waals surface area contributed by atoms with E-state index in [1.807, 2.05) is 13.8 Å².